The van der Waals surface area contributed by atoms with Crippen molar-refractivity contribution in [1.29, 1.82) is 0 Å². The Labute approximate surface area is 124 Å². The maximum absolute atomic E-state index is 6.00. The van der Waals surface area contributed by atoms with Gasteiger partial charge in [0.1, 0.15) is 0 Å². The Morgan fingerprint density at radius 1 is 1.32 bits per heavy atom. The van der Waals surface area contributed by atoms with Crippen LogP contribution < -0.4 is 10.6 Å². The summed E-state index contributed by atoms with van der Waals surface area (Å²) in [6, 6.07) is 6.60. The van der Waals surface area contributed by atoms with E-state index in [2.05, 4.69) is 64.9 Å². The van der Waals surface area contributed by atoms with Gasteiger partial charge in [0.2, 0.25) is 0 Å². The van der Waals surface area contributed by atoms with E-state index < -0.39 is 0 Å². The average molecular weight is 326 g/mol. The van der Waals surface area contributed by atoms with Gasteiger partial charge in [0.05, 0.1) is 0 Å². The summed E-state index contributed by atoms with van der Waals surface area (Å²) in [6.45, 7) is 5.04. The molecular formula is C15H24BrN3. The van der Waals surface area contributed by atoms with Crippen LogP contribution in [0.15, 0.2) is 22.7 Å². The fraction of sp³-hybridized carbons (Fsp3) is 0.600. The van der Waals surface area contributed by atoms with Gasteiger partial charge in [-0.3, -0.25) is 0 Å². The number of benzene rings is 1. The molecule has 2 rings (SSSR count). The van der Waals surface area contributed by atoms with E-state index in [1.807, 2.05) is 0 Å². The minimum Gasteiger partial charge on any atom is -0.371 e. The van der Waals surface area contributed by atoms with Gasteiger partial charge in [0.25, 0.3) is 0 Å². The molecule has 1 aliphatic heterocycles. The summed E-state index contributed by atoms with van der Waals surface area (Å²) in [5.41, 5.74) is 8.80. The molecule has 1 aliphatic rings. The third kappa shape index (κ3) is 2.96. The number of piperidine rings is 1. The number of anilines is 1. The Bertz CT molecular complexity index is 437. The molecule has 0 atom stereocenters. The van der Waals surface area contributed by atoms with Gasteiger partial charge in [-0.25, -0.2) is 0 Å². The molecule has 1 fully saturated rings. The number of nitrogens with two attached hydrogens (primary N) is 1. The number of rotatable bonds is 3. The van der Waals surface area contributed by atoms with Crippen LogP contribution in [0.5, 0.6) is 0 Å². The Kier molecular flexibility index (Phi) is 4.54. The number of nitrogens with zero attached hydrogens (tertiary/aromatic N) is 2. The number of hydrogen-bond donors (Lipinski definition) is 1. The zero-order valence-corrected chi connectivity index (χ0v) is 13.7. The van der Waals surface area contributed by atoms with Gasteiger partial charge < -0.3 is 15.5 Å². The monoisotopic (exact) mass is 325 g/mol. The lowest BCUT2D eigenvalue weighted by atomic mass is 9.86. The Balaban J connectivity index is 2.09. The van der Waals surface area contributed by atoms with Crippen LogP contribution in [0.25, 0.3) is 0 Å². The molecule has 1 saturated heterocycles. The molecule has 19 heavy (non-hydrogen) atoms. The standard InChI is InChI=1S/C15H24BrN3/c1-12-10-13(4-5-14(12)16)19-8-6-15(11-17,7-9-19)18(2)3/h4-5,10H,6-9,11,17H2,1-3H3. The van der Waals surface area contributed by atoms with Crippen molar-refractivity contribution in [2.75, 3.05) is 38.6 Å². The first-order valence-electron chi connectivity index (χ1n) is 6.87. The number of halogens is 1. The second-order valence-corrected chi connectivity index (χ2v) is 6.60. The van der Waals surface area contributed by atoms with Crippen LogP contribution in [0.2, 0.25) is 0 Å². The Morgan fingerprint density at radius 2 is 1.95 bits per heavy atom. The lowest BCUT2D eigenvalue weighted by molar-refractivity contribution is 0.125. The summed E-state index contributed by atoms with van der Waals surface area (Å²) in [6.07, 6.45) is 2.26. The predicted octanol–water partition coefficient (Wildman–Crippen LogP) is 2.62. The topological polar surface area (TPSA) is 32.5 Å². The highest BCUT2D eigenvalue weighted by Crippen LogP contribution is 2.30. The smallest absolute Gasteiger partial charge is 0.0369 e. The van der Waals surface area contributed by atoms with Gasteiger partial charge >= 0.3 is 0 Å². The normalized spacial score (nSPS) is 18.9. The molecule has 2 N–H and O–H groups in total. The zero-order valence-electron chi connectivity index (χ0n) is 12.1. The summed E-state index contributed by atoms with van der Waals surface area (Å²) in [4.78, 5) is 4.77. The van der Waals surface area contributed by atoms with E-state index in [4.69, 9.17) is 5.73 Å². The van der Waals surface area contributed by atoms with Gasteiger partial charge in [-0.2, -0.15) is 0 Å². The lowest BCUT2D eigenvalue weighted by Gasteiger charge is -2.46. The van der Waals surface area contributed by atoms with Crippen molar-refractivity contribution in [1.82, 2.24) is 4.90 Å². The zero-order chi connectivity index (χ0) is 14.0. The molecule has 1 aromatic carbocycles. The molecule has 0 bridgehead atoms. The van der Waals surface area contributed by atoms with Crippen LogP contribution in [0.1, 0.15) is 18.4 Å². The molecule has 3 nitrogen and oxygen atoms in total. The van der Waals surface area contributed by atoms with Crippen LogP contribution in [0.4, 0.5) is 5.69 Å². The summed E-state index contributed by atoms with van der Waals surface area (Å²) >= 11 is 3.56. The van der Waals surface area contributed by atoms with Crippen LogP contribution in [-0.2, 0) is 0 Å². The summed E-state index contributed by atoms with van der Waals surface area (Å²) < 4.78 is 1.18. The van der Waals surface area contributed by atoms with Gasteiger partial charge in [-0.1, -0.05) is 15.9 Å². The molecule has 0 radical (unpaired) electrons. The predicted molar refractivity (Wildman–Crippen MR) is 85.8 cm³/mol. The van der Waals surface area contributed by atoms with Crippen LogP contribution >= 0.6 is 15.9 Å². The number of hydrogen-bond acceptors (Lipinski definition) is 3. The average Bonchev–Trinajstić information content (AvgIpc) is 2.42. The van der Waals surface area contributed by atoms with Gasteiger partial charge in [0, 0.05) is 35.3 Å². The van der Waals surface area contributed by atoms with Crippen LogP contribution in [-0.4, -0.2) is 44.2 Å². The van der Waals surface area contributed by atoms with E-state index in [-0.39, 0.29) is 5.54 Å². The third-order valence-electron chi connectivity index (χ3n) is 4.53. The maximum atomic E-state index is 6.00. The molecule has 0 unspecified atom stereocenters. The summed E-state index contributed by atoms with van der Waals surface area (Å²) in [5.74, 6) is 0. The minimum atomic E-state index is 0.181. The number of aryl methyl sites for hydroxylation is 1. The van der Waals surface area contributed by atoms with E-state index in [1.165, 1.54) is 15.7 Å². The summed E-state index contributed by atoms with van der Waals surface area (Å²) in [5, 5.41) is 0. The van der Waals surface area contributed by atoms with Crippen LogP contribution in [0.3, 0.4) is 0 Å². The van der Waals surface area contributed by atoms with Crippen molar-refractivity contribution in [2.45, 2.75) is 25.3 Å². The first-order valence-corrected chi connectivity index (χ1v) is 7.66. The first-order chi connectivity index (χ1) is 8.98. The molecule has 0 aliphatic carbocycles. The van der Waals surface area contributed by atoms with Crippen molar-refractivity contribution in [3.05, 3.63) is 28.2 Å². The quantitative estimate of drug-likeness (QED) is 0.927. The molecule has 1 aromatic rings. The Hall–Kier alpha value is -0.580. The molecule has 0 spiro atoms. The number of likely N-dealkylation sites (N-methyl/N-ethyl adjacent to an activating group) is 1. The van der Waals surface area contributed by atoms with E-state index >= 15 is 0 Å². The van der Waals surface area contributed by atoms with E-state index in [9.17, 15) is 0 Å². The van der Waals surface area contributed by atoms with E-state index in [0.717, 1.165) is 32.5 Å². The highest BCUT2D eigenvalue weighted by molar-refractivity contribution is 9.10. The summed E-state index contributed by atoms with van der Waals surface area (Å²) in [7, 11) is 4.29. The van der Waals surface area contributed by atoms with Crippen molar-refractivity contribution in [2.24, 2.45) is 5.73 Å². The maximum Gasteiger partial charge on any atom is 0.0369 e. The minimum absolute atomic E-state index is 0.181. The second-order valence-electron chi connectivity index (χ2n) is 5.74. The third-order valence-corrected chi connectivity index (χ3v) is 5.42. The highest BCUT2D eigenvalue weighted by Gasteiger charge is 2.35. The van der Waals surface area contributed by atoms with Crippen molar-refractivity contribution in [3.63, 3.8) is 0 Å². The van der Waals surface area contributed by atoms with E-state index in [0.29, 0.717) is 0 Å². The van der Waals surface area contributed by atoms with Crippen molar-refractivity contribution in [3.8, 4) is 0 Å². The first kappa shape index (κ1) is 14.8. The Morgan fingerprint density at radius 3 is 2.42 bits per heavy atom. The largest absolute Gasteiger partial charge is 0.371 e. The lowest BCUT2D eigenvalue weighted by Crippen LogP contribution is -2.57. The van der Waals surface area contributed by atoms with E-state index in [1.54, 1.807) is 0 Å². The SMILES string of the molecule is Cc1cc(N2CCC(CN)(N(C)C)CC2)ccc1Br. The van der Waals surface area contributed by atoms with Crippen molar-refractivity contribution >= 4 is 21.6 Å². The molecule has 0 saturated carbocycles. The molecule has 4 heteroatoms. The van der Waals surface area contributed by atoms with Crippen LogP contribution in [0, 0.1) is 6.92 Å². The highest BCUT2D eigenvalue weighted by atomic mass is 79.9. The molecule has 0 aromatic heterocycles. The van der Waals surface area contributed by atoms with Gasteiger partial charge in [-0.05, 0) is 57.6 Å². The second kappa shape index (κ2) is 5.81. The van der Waals surface area contributed by atoms with Gasteiger partial charge in [0.15, 0.2) is 0 Å². The molecular weight excluding hydrogens is 302 g/mol. The van der Waals surface area contributed by atoms with Gasteiger partial charge in [-0.15, -0.1) is 0 Å². The fourth-order valence-corrected chi connectivity index (χ4v) is 3.09. The van der Waals surface area contributed by atoms with Crippen molar-refractivity contribution < 1.29 is 0 Å². The molecule has 0 amide bonds. The fourth-order valence-electron chi connectivity index (χ4n) is 2.84. The molecule has 1 heterocycles. The molecule has 106 valence electrons.